The van der Waals surface area contributed by atoms with Gasteiger partial charge in [-0.3, -0.25) is 9.88 Å². The Morgan fingerprint density at radius 3 is 2.53 bits per heavy atom. The molecule has 1 aromatic heterocycles. The maximum absolute atomic E-state index is 4.26. The van der Waals surface area contributed by atoms with Gasteiger partial charge in [-0.15, -0.1) is 0 Å². The molecule has 0 aromatic carbocycles. The van der Waals surface area contributed by atoms with Crippen molar-refractivity contribution in [3.8, 4) is 0 Å². The summed E-state index contributed by atoms with van der Waals surface area (Å²) in [7, 11) is 0. The minimum atomic E-state index is 0.899. The van der Waals surface area contributed by atoms with E-state index in [-0.39, 0.29) is 0 Å². The molecule has 92 valence electrons. The molecule has 1 saturated carbocycles. The van der Waals surface area contributed by atoms with Crippen LogP contribution in [0.3, 0.4) is 0 Å². The topological polar surface area (TPSA) is 19.4 Å². The van der Waals surface area contributed by atoms with Crippen LogP contribution in [0.15, 0.2) is 18.3 Å². The highest BCUT2D eigenvalue weighted by atomic mass is 15.3. The second-order valence-corrected chi connectivity index (χ2v) is 5.26. The Labute approximate surface area is 103 Å². The van der Waals surface area contributed by atoms with Crippen molar-refractivity contribution < 1.29 is 0 Å². The van der Waals surface area contributed by atoms with E-state index in [1.54, 1.807) is 0 Å². The number of anilines is 1. The van der Waals surface area contributed by atoms with E-state index < -0.39 is 0 Å². The van der Waals surface area contributed by atoms with Crippen molar-refractivity contribution in [3.63, 3.8) is 0 Å². The quantitative estimate of drug-likeness (QED) is 0.776. The first-order valence-corrected chi connectivity index (χ1v) is 6.74. The zero-order valence-electron chi connectivity index (χ0n) is 10.6. The Bertz CT molecular complexity index is 379. The molecule has 3 nitrogen and oxygen atoms in total. The number of rotatable bonds is 2. The van der Waals surface area contributed by atoms with Crippen LogP contribution in [-0.4, -0.2) is 42.1 Å². The Morgan fingerprint density at radius 1 is 1.18 bits per heavy atom. The minimum Gasteiger partial charge on any atom is -0.369 e. The van der Waals surface area contributed by atoms with E-state index in [0.717, 1.165) is 11.7 Å². The van der Waals surface area contributed by atoms with Crippen LogP contribution in [0.4, 0.5) is 5.69 Å². The molecule has 0 amide bonds. The predicted molar refractivity (Wildman–Crippen MR) is 70.4 cm³/mol. The molecule has 3 heteroatoms. The van der Waals surface area contributed by atoms with Crippen LogP contribution in [0.25, 0.3) is 0 Å². The predicted octanol–water partition coefficient (Wildman–Crippen LogP) is 2.06. The lowest BCUT2D eigenvalue weighted by Gasteiger charge is -2.43. The van der Waals surface area contributed by atoms with Gasteiger partial charge >= 0.3 is 0 Å². The van der Waals surface area contributed by atoms with E-state index >= 15 is 0 Å². The van der Waals surface area contributed by atoms with Crippen molar-refractivity contribution in [1.29, 1.82) is 0 Å². The lowest BCUT2D eigenvalue weighted by atomic mass is 9.91. The van der Waals surface area contributed by atoms with Crippen LogP contribution in [-0.2, 0) is 0 Å². The highest BCUT2D eigenvalue weighted by molar-refractivity contribution is 5.46. The summed E-state index contributed by atoms with van der Waals surface area (Å²) < 4.78 is 0. The third-order valence-electron chi connectivity index (χ3n) is 4.15. The number of aryl methyl sites for hydroxylation is 1. The summed E-state index contributed by atoms with van der Waals surface area (Å²) in [5, 5.41) is 0. The van der Waals surface area contributed by atoms with Crippen LogP contribution in [0.5, 0.6) is 0 Å². The summed E-state index contributed by atoms with van der Waals surface area (Å²) in [6.45, 7) is 6.85. The van der Waals surface area contributed by atoms with E-state index in [9.17, 15) is 0 Å². The van der Waals surface area contributed by atoms with Gasteiger partial charge in [0.25, 0.3) is 0 Å². The Balaban J connectivity index is 1.60. The zero-order valence-corrected chi connectivity index (χ0v) is 10.6. The molecule has 1 saturated heterocycles. The van der Waals surface area contributed by atoms with Gasteiger partial charge in [-0.2, -0.15) is 0 Å². The van der Waals surface area contributed by atoms with Crippen molar-refractivity contribution in [2.24, 2.45) is 0 Å². The van der Waals surface area contributed by atoms with E-state index in [2.05, 4.69) is 33.8 Å². The molecular formula is C14H21N3. The molecule has 0 radical (unpaired) electrons. The summed E-state index contributed by atoms with van der Waals surface area (Å²) in [6, 6.07) is 5.22. The van der Waals surface area contributed by atoms with Crippen molar-refractivity contribution in [1.82, 2.24) is 9.88 Å². The molecule has 1 aliphatic heterocycles. The number of aromatic nitrogens is 1. The maximum atomic E-state index is 4.26. The number of nitrogens with zero attached hydrogens (tertiary/aromatic N) is 3. The van der Waals surface area contributed by atoms with Crippen molar-refractivity contribution in [3.05, 3.63) is 24.0 Å². The molecule has 2 heterocycles. The highest BCUT2D eigenvalue weighted by Crippen LogP contribution is 2.26. The molecular weight excluding hydrogens is 210 g/mol. The van der Waals surface area contributed by atoms with Gasteiger partial charge < -0.3 is 4.90 Å². The fourth-order valence-electron chi connectivity index (χ4n) is 2.82. The summed E-state index contributed by atoms with van der Waals surface area (Å²) >= 11 is 0. The average molecular weight is 231 g/mol. The SMILES string of the molecule is Cc1cc(N2CCN(C3CCC3)CC2)ccn1. The van der Waals surface area contributed by atoms with E-state index in [0.29, 0.717) is 0 Å². The Morgan fingerprint density at radius 2 is 1.94 bits per heavy atom. The first-order chi connectivity index (χ1) is 8.33. The first-order valence-electron chi connectivity index (χ1n) is 6.74. The van der Waals surface area contributed by atoms with Gasteiger partial charge in [-0.05, 0) is 31.9 Å². The maximum Gasteiger partial charge on any atom is 0.0400 e. The smallest absolute Gasteiger partial charge is 0.0400 e. The summed E-state index contributed by atoms with van der Waals surface area (Å²) in [6.07, 6.45) is 6.21. The Hall–Kier alpha value is -1.09. The summed E-state index contributed by atoms with van der Waals surface area (Å²) in [5.41, 5.74) is 2.45. The largest absolute Gasteiger partial charge is 0.369 e. The normalized spacial score (nSPS) is 22.5. The van der Waals surface area contributed by atoms with Gasteiger partial charge in [0.2, 0.25) is 0 Å². The molecule has 0 N–H and O–H groups in total. The van der Waals surface area contributed by atoms with E-state index in [4.69, 9.17) is 0 Å². The van der Waals surface area contributed by atoms with Crippen LogP contribution >= 0.6 is 0 Å². The van der Waals surface area contributed by atoms with Gasteiger partial charge in [0, 0.05) is 49.8 Å². The van der Waals surface area contributed by atoms with Gasteiger partial charge in [0.1, 0.15) is 0 Å². The van der Waals surface area contributed by atoms with Crippen LogP contribution in [0.1, 0.15) is 25.0 Å². The molecule has 0 atom stereocenters. The van der Waals surface area contributed by atoms with Gasteiger partial charge in [-0.1, -0.05) is 6.42 Å². The van der Waals surface area contributed by atoms with Crippen molar-refractivity contribution in [2.75, 3.05) is 31.1 Å². The second kappa shape index (κ2) is 4.65. The standard InChI is InChI=1S/C14H21N3/c1-12-11-14(5-6-15-12)17-9-7-16(8-10-17)13-3-2-4-13/h5-6,11,13H,2-4,7-10H2,1H3. The van der Waals surface area contributed by atoms with E-state index in [1.807, 2.05) is 6.20 Å². The van der Waals surface area contributed by atoms with Gasteiger partial charge in [0.05, 0.1) is 0 Å². The lowest BCUT2D eigenvalue weighted by molar-refractivity contribution is 0.120. The highest BCUT2D eigenvalue weighted by Gasteiger charge is 2.27. The minimum absolute atomic E-state index is 0.899. The lowest BCUT2D eigenvalue weighted by Crippen LogP contribution is -2.52. The molecule has 1 aromatic rings. The van der Waals surface area contributed by atoms with Gasteiger partial charge in [0.15, 0.2) is 0 Å². The first kappa shape index (κ1) is 11.0. The fourth-order valence-corrected chi connectivity index (χ4v) is 2.82. The van der Waals surface area contributed by atoms with Crippen LogP contribution < -0.4 is 4.90 Å². The molecule has 2 fully saturated rings. The number of piperazine rings is 1. The Kier molecular flexibility index (Phi) is 3.02. The average Bonchev–Trinajstić information content (AvgIpc) is 2.28. The summed E-state index contributed by atoms with van der Waals surface area (Å²) in [5.74, 6) is 0. The van der Waals surface area contributed by atoms with E-state index in [1.165, 1.54) is 51.1 Å². The molecule has 0 spiro atoms. The third kappa shape index (κ3) is 2.29. The molecule has 0 bridgehead atoms. The molecule has 17 heavy (non-hydrogen) atoms. The van der Waals surface area contributed by atoms with Crippen molar-refractivity contribution >= 4 is 5.69 Å². The summed E-state index contributed by atoms with van der Waals surface area (Å²) in [4.78, 5) is 9.43. The number of hydrogen-bond donors (Lipinski definition) is 0. The number of pyridine rings is 1. The van der Waals surface area contributed by atoms with Crippen LogP contribution in [0, 0.1) is 6.92 Å². The molecule has 3 rings (SSSR count). The third-order valence-corrected chi connectivity index (χ3v) is 4.15. The zero-order chi connectivity index (χ0) is 11.7. The number of hydrogen-bond acceptors (Lipinski definition) is 3. The molecule has 0 unspecified atom stereocenters. The molecule has 1 aliphatic carbocycles. The second-order valence-electron chi connectivity index (χ2n) is 5.26. The monoisotopic (exact) mass is 231 g/mol. The fraction of sp³-hybridized carbons (Fsp3) is 0.643. The van der Waals surface area contributed by atoms with Crippen molar-refractivity contribution in [2.45, 2.75) is 32.2 Å². The van der Waals surface area contributed by atoms with Crippen LogP contribution in [0.2, 0.25) is 0 Å². The van der Waals surface area contributed by atoms with Gasteiger partial charge in [-0.25, -0.2) is 0 Å². The molecule has 2 aliphatic rings.